The summed E-state index contributed by atoms with van der Waals surface area (Å²) in [6, 6.07) is 24.7. The number of amidine groups is 1. The smallest absolute Gasteiger partial charge is 0.123 e. The van der Waals surface area contributed by atoms with E-state index in [9.17, 15) is 9.50 Å². The molecule has 0 aliphatic carbocycles. The molecule has 4 rings (SSSR count). The van der Waals surface area contributed by atoms with Gasteiger partial charge in [0.15, 0.2) is 0 Å². The zero-order valence-electron chi connectivity index (χ0n) is 16.1. The molecule has 0 spiro atoms. The summed E-state index contributed by atoms with van der Waals surface area (Å²) in [5.41, 5.74) is 7.95. The van der Waals surface area contributed by atoms with E-state index in [2.05, 4.69) is 23.2 Å². The van der Waals surface area contributed by atoms with E-state index in [0.717, 1.165) is 27.3 Å². The Morgan fingerprint density at radius 1 is 0.897 bits per heavy atom. The number of benzene rings is 4. The van der Waals surface area contributed by atoms with Crippen LogP contribution in [0.4, 0.5) is 4.39 Å². The molecule has 0 fully saturated rings. The first-order valence-corrected chi connectivity index (χ1v) is 9.73. The summed E-state index contributed by atoms with van der Waals surface area (Å²) in [6.07, 6.45) is 0.209. The van der Waals surface area contributed by atoms with Crippen molar-refractivity contribution in [1.29, 1.82) is 0 Å². The molecular weight excluding hydrogens is 363 g/mol. The Labute approximate surface area is 169 Å². The average molecular weight is 386 g/mol. The Bertz CT molecular complexity index is 1170. The van der Waals surface area contributed by atoms with Crippen molar-refractivity contribution in [3.05, 3.63) is 95.8 Å². The number of rotatable bonds is 6. The molecule has 3 N–H and O–H groups in total. The van der Waals surface area contributed by atoms with E-state index >= 15 is 0 Å². The molecule has 0 amide bonds. The predicted molar refractivity (Wildman–Crippen MR) is 118 cm³/mol. The second-order valence-electron chi connectivity index (χ2n) is 7.20. The molecule has 0 bridgehead atoms. The maximum Gasteiger partial charge on any atom is 0.123 e. The van der Waals surface area contributed by atoms with Crippen molar-refractivity contribution in [1.82, 2.24) is 0 Å². The Kier molecular flexibility index (Phi) is 5.54. The van der Waals surface area contributed by atoms with Crippen LogP contribution in [0.2, 0.25) is 0 Å². The zero-order valence-corrected chi connectivity index (χ0v) is 16.1. The summed E-state index contributed by atoms with van der Waals surface area (Å²) in [5.74, 6) is 0.166. The summed E-state index contributed by atoms with van der Waals surface area (Å²) < 4.78 is 13.0. The first-order chi connectivity index (χ1) is 14.1. The first-order valence-electron chi connectivity index (χ1n) is 9.73. The summed E-state index contributed by atoms with van der Waals surface area (Å²) in [4.78, 5) is 4.39. The van der Waals surface area contributed by atoms with Gasteiger partial charge in [0.05, 0.1) is 11.9 Å². The second-order valence-corrected chi connectivity index (χ2v) is 7.20. The van der Waals surface area contributed by atoms with Gasteiger partial charge in [-0.1, -0.05) is 60.7 Å². The standard InChI is InChI=1S/C25H23FN2O/c26-19-11-9-17(10-12-19)13-14-28-25(27)16-24(29)23-15-18-5-1-2-6-20(18)21-7-3-4-8-22(21)23/h1-12,15,24,29H,13-14,16H2,(H2,27,28). The fourth-order valence-corrected chi connectivity index (χ4v) is 3.71. The van der Waals surface area contributed by atoms with Crippen LogP contribution in [-0.4, -0.2) is 17.5 Å². The molecule has 0 saturated heterocycles. The van der Waals surface area contributed by atoms with Gasteiger partial charge >= 0.3 is 0 Å². The highest BCUT2D eigenvalue weighted by Crippen LogP contribution is 2.32. The van der Waals surface area contributed by atoms with Crippen LogP contribution in [0.5, 0.6) is 0 Å². The lowest BCUT2D eigenvalue weighted by Crippen LogP contribution is -2.17. The van der Waals surface area contributed by atoms with Crippen LogP contribution in [-0.2, 0) is 6.42 Å². The molecule has 0 heterocycles. The minimum atomic E-state index is -0.737. The van der Waals surface area contributed by atoms with E-state index in [-0.39, 0.29) is 12.2 Å². The SMILES string of the molecule is NC(CC(O)c1cc2ccccc2c2ccccc12)=NCCc1ccc(F)cc1. The third-order valence-electron chi connectivity index (χ3n) is 5.19. The molecule has 1 atom stereocenters. The summed E-state index contributed by atoms with van der Waals surface area (Å²) in [5, 5.41) is 15.3. The maximum atomic E-state index is 13.0. The van der Waals surface area contributed by atoms with Gasteiger partial charge < -0.3 is 10.8 Å². The summed E-state index contributed by atoms with van der Waals surface area (Å²) in [6.45, 7) is 0.503. The van der Waals surface area contributed by atoms with Crippen LogP contribution in [0, 0.1) is 5.82 Å². The van der Waals surface area contributed by atoms with Crippen molar-refractivity contribution < 1.29 is 9.50 Å². The van der Waals surface area contributed by atoms with Crippen molar-refractivity contribution >= 4 is 27.4 Å². The highest BCUT2D eigenvalue weighted by Gasteiger charge is 2.15. The summed E-state index contributed by atoms with van der Waals surface area (Å²) >= 11 is 0. The fraction of sp³-hybridized carbons (Fsp3) is 0.160. The quantitative estimate of drug-likeness (QED) is 0.273. The number of fused-ring (bicyclic) bond motifs is 3. The van der Waals surface area contributed by atoms with Crippen molar-refractivity contribution in [3.8, 4) is 0 Å². The van der Waals surface area contributed by atoms with Gasteiger partial charge in [-0.3, -0.25) is 4.99 Å². The molecule has 4 heteroatoms. The molecule has 4 aromatic carbocycles. The van der Waals surface area contributed by atoms with Gasteiger partial charge in [-0.2, -0.15) is 0 Å². The van der Waals surface area contributed by atoms with Gasteiger partial charge in [0.1, 0.15) is 5.82 Å². The van der Waals surface area contributed by atoms with E-state index in [1.165, 1.54) is 17.5 Å². The van der Waals surface area contributed by atoms with E-state index < -0.39 is 6.10 Å². The van der Waals surface area contributed by atoms with Crippen LogP contribution >= 0.6 is 0 Å². The predicted octanol–water partition coefficient (Wildman–Crippen LogP) is 5.16. The third-order valence-corrected chi connectivity index (χ3v) is 5.19. The zero-order chi connectivity index (χ0) is 20.2. The Morgan fingerprint density at radius 3 is 2.31 bits per heavy atom. The van der Waals surface area contributed by atoms with Gasteiger partial charge in [-0.15, -0.1) is 0 Å². The number of nitrogens with zero attached hydrogens (tertiary/aromatic N) is 1. The van der Waals surface area contributed by atoms with Crippen LogP contribution in [0.3, 0.4) is 0 Å². The van der Waals surface area contributed by atoms with Gasteiger partial charge in [-0.05, 0) is 57.3 Å². The number of nitrogens with two attached hydrogens (primary N) is 1. The lowest BCUT2D eigenvalue weighted by Gasteiger charge is -2.16. The molecule has 0 saturated carbocycles. The Balaban J connectivity index is 1.53. The molecule has 0 aliphatic heterocycles. The number of hydrogen-bond donors (Lipinski definition) is 2. The number of aliphatic hydroxyl groups is 1. The average Bonchev–Trinajstić information content (AvgIpc) is 2.74. The number of aliphatic imine (C=N–C) groups is 1. The normalized spacial score (nSPS) is 13.1. The molecule has 1 unspecified atom stereocenters. The Morgan fingerprint density at radius 2 is 1.55 bits per heavy atom. The maximum absolute atomic E-state index is 13.0. The van der Waals surface area contributed by atoms with Gasteiger partial charge in [0, 0.05) is 13.0 Å². The monoisotopic (exact) mass is 386 g/mol. The van der Waals surface area contributed by atoms with E-state index in [1.807, 2.05) is 36.4 Å². The van der Waals surface area contributed by atoms with Crippen molar-refractivity contribution in [2.75, 3.05) is 6.54 Å². The van der Waals surface area contributed by atoms with Gasteiger partial charge in [0.25, 0.3) is 0 Å². The molecule has 0 aliphatic rings. The minimum absolute atomic E-state index is 0.248. The molecule has 0 radical (unpaired) electrons. The van der Waals surface area contributed by atoms with Gasteiger partial charge in [0.2, 0.25) is 0 Å². The molecule has 3 nitrogen and oxygen atoms in total. The Hall–Kier alpha value is -3.24. The molecule has 29 heavy (non-hydrogen) atoms. The number of aliphatic hydroxyl groups excluding tert-OH is 1. The highest BCUT2D eigenvalue weighted by atomic mass is 19.1. The molecule has 146 valence electrons. The van der Waals surface area contributed by atoms with Crippen molar-refractivity contribution in [3.63, 3.8) is 0 Å². The highest BCUT2D eigenvalue weighted by molar-refractivity contribution is 6.09. The number of halogens is 1. The van der Waals surface area contributed by atoms with E-state index in [1.54, 1.807) is 12.1 Å². The lowest BCUT2D eigenvalue weighted by atomic mass is 9.93. The second kappa shape index (κ2) is 8.41. The van der Waals surface area contributed by atoms with Crippen molar-refractivity contribution in [2.24, 2.45) is 10.7 Å². The topological polar surface area (TPSA) is 58.6 Å². The first kappa shape index (κ1) is 19.1. The third kappa shape index (κ3) is 4.28. The summed E-state index contributed by atoms with van der Waals surface area (Å²) in [7, 11) is 0. The molecule has 0 aromatic heterocycles. The molecule has 4 aromatic rings. The van der Waals surface area contributed by atoms with E-state index in [4.69, 9.17) is 5.73 Å². The molecular formula is C25H23FN2O. The number of hydrogen-bond acceptors (Lipinski definition) is 2. The fourth-order valence-electron chi connectivity index (χ4n) is 3.71. The van der Waals surface area contributed by atoms with Gasteiger partial charge in [-0.25, -0.2) is 4.39 Å². The van der Waals surface area contributed by atoms with E-state index in [0.29, 0.717) is 18.8 Å². The minimum Gasteiger partial charge on any atom is -0.388 e. The largest absolute Gasteiger partial charge is 0.388 e. The lowest BCUT2D eigenvalue weighted by molar-refractivity contribution is 0.187. The van der Waals surface area contributed by atoms with Crippen LogP contribution < -0.4 is 5.73 Å². The van der Waals surface area contributed by atoms with Crippen LogP contribution in [0.25, 0.3) is 21.5 Å². The van der Waals surface area contributed by atoms with Crippen molar-refractivity contribution in [2.45, 2.75) is 18.9 Å². The van der Waals surface area contributed by atoms with Crippen LogP contribution in [0.1, 0.15) is 23.7 Å². The van der Waals surface area contributed by atoms with Crippen LogP contribution in [0.15, 0.2) is 83.9 Å².